The molecular formula is C23H21N5O. The van der Waals surface area contributed by atoms with Crippen molar-refractivity contribution < 1.29 is 4.79 Å². The van der Waals surface area contributed by atoms with Gasteiger partial charge in [-0.2, -0.15) is 0 Å². The van der Waals surface area contributed by atoms with Crippen molar-refractivity contribution in [2.45, 2.75) is 12.5 Å². The zero-order valence-electron chi connectivity index (χ0n) is 15.8. The molecule has 0 saturated heterocycles. The molecule has 144 valence electrons. The summed E-state index contributed by atoms with van der Waals surface area (Å²) < 4.78 is 1.94. The van der Waals surface area contributed by atoms with Crippen LogP contribution in [-0.4, -0.2) is 32.0 Å². The van der Waals surface area contributed by atoms with Crippen LogP contribution in [0.2, 0.25) is 0 Å². The number of hydrogen-bond donors (Lipinski definition) is 1. The molecule has 2 aromatic heterocycles. The standard InChI is InChI=1S/C23H21N5O/c29-23(20(18-8-3-1-4-9-18)19-10-5-2-6-11-19)27-15-17-28-16-14-26-22(28)21-24-12-7-13-25-21/h1-14,16,20H,15,17H2,(H,27,29). The Balaban J connectivity index is 1.47. The Bertz CT molecular complexity index is 1010. The van der Waals surface area contributed by atoms with Crippen molar-refractivity contribution in [2.75, 3.05) is 6.54 Å². The van der Waals surface area contributed by atoms with Gasteiger partial charge in [-0.1, -0.05) is 60.7 Å². The normalized spacial score (nSPS) is 10.8. The molecular weight excluding hydrogens is 362 g/mol. The molecule has 2 heterocycles. The molecule has 0 aliphatic heterocycles. The Labute approximate surface area is 169 Å². The van der Waals surface area contributed by atoms with E-state index >= 15 is 0 Å². The fraction of sp³-hybridized carbons (Fsp3) is 0.130. The first-order valence-corrected chi connectivity index (χ1v) is 9.49. The lowest BCUT2D eigenvalue weighted by Crippen LogP contribution is -2.32. The van der Waals surface area contributed by atoms with Crippen LogP contribution in [0.4, 0.5) is 0 Å². The van der Waals surface area contributed by atoms with Crippen molar-refractivity contribution in [3.05, 3.63) is 103 Å². The van der Waals surface area contributed by atoms with Crippen LogP contribution in [0.1, 0.15) is 17.0 Å². The van der Waals surface area contributed by atoms with Crippen molar-refractivity contribution in [3.8, 4) is 11.6 Å². The minimum Gasteiger partial charge on any atom is -0.353 e. The number of nitrogens with zero attached hydrogens (tertiary/aromatic N) is 4. The third kappa shape index (κ3) is 4.38. The number of aromatic nitrogens is 4. The highest BCUT2D eigenvalue weighted by Crippen LogP contribution is 2.24. The first-order valence-electron chi connectivity index (χ1n) is 9.49. The molecule has 0 fully saturated rings. The molecule has 0 radical (unpaired) electrons. The molecule has 0 bridgehead atoms. The second-order valence-corrected chi connectivity index (χ2v) is 6.56. The number of amides is 1. The van der Waals surface area contributed by atoms with E-state index in [1.54, 1.807) is 24.7 Å². The molecule has 0 unspecified atom stereocenters. The maximum absolute atomic E-state index is 13.1. The maximum Gasteiger partial charge on any atom is 0.232 e. The van der Waals surface area contributed by atoms with Gasteiger partial charge in [0, 0.05) is 37.9 Å². The Hall–Kier alpha value is -3.80. The van der Waals surface area contributed by atoms with E-state index in [9.17, 15) is 4.79 Å². The third-order valence-corrected chi connectivity index (χ3v) is 4.66. The van der Waals surface area contributed by atoms with Gasteiger partial charge in [0.25, 0.3) is 0 Å². The number of nitrogens with one attached hydrogen (secondary N) is 1. The fourth-order valence-electron chi connectivity index (χ4n) is 3.30. The van der Waals surface area contributed by atoms with Crippen molar-refractivity contribution in [3.63, 3.8) is 0 Å². The summed E-state index contributed by atoms with van der Waals surface area (Å²) in [4.78, 5) is 25.9. The molecule has 0 aliphatic rings. The summed E-state index contributed by atoms with van der Waals surface area (Å²) in [5, 5.41) is 3.07. The van der Waals surface area contributed by atoms with Crippen LogP contribution in [0.15, 0.2) is 91.5 Å². The van der Waals surface area contributed by atoms with Crippen molar-refractivity contribution in [1.29, 1.82) is 0 Å². The van der Waals surface area contributed by atoms with Gasteiger partial charge in [-0.05, 0) is 17.2 Å². The summed E-state index contributed by atoms with van der Waals surface area (Å²) in [6.07, 6.45) is 6.95. The van der Waals surface area contributed by atoms with Crippen LogP contribution in [-0.2, 0) is 11.3 Å². The Morgan fingerprint density at radius 3 is 2.07 bits per heavy atom. The van der Waals surface area contributed by atoms with Crippen LogP contribution in [0.25, 0.3) is 11.6 Å². The molecule has 29 heavy (non-hydrogen) atoms. The van der Waals surface area contributed by atoms with Gasteiger partial charge in [-0.25, -0.2) is 15.0 Å². The van der Waals surface area contributed by atoms with E-state index in [0.717, 1.165) is 11.1 Å². The van der Waals surface area contributed by atoms with Crippen LogP contribution in [0.5, 0.6) is 0 Å². The topological polar surface area (TPSA) is 72.7 Å². The molecule has 0 atom stereocenters. The summed E-state index contributed by atoms with van der Waals surface area (Å²) in [7, 11) is 0. The number of hydrogen-bond acceptors (Lipinski definition) is 4. The van der Waals surface area contributed by atoms with Crippen LogP contribution >= 0.6 is 0 Å². The predicted octanol–water partition coefficient (Wildman–Crippen LogP) is 3.29. The number of imidazole rings is 1. The maximum atomic E-state index is 13.1. The monoisotopic (exact) mass is 383 g/mol. The Morgan fingerprint density at radius 2 is 1.45 bits per heavy atom. The van der Waals surface area contributed by atoms with Gasteiger partial charge in [-0.3, -0.25) is 4.79 Å². The molecule has 1 amide bonds. The number of carbonyl (C=O) groups excluding carboxylic acids is 1. The molecule has 6 nitrogen and oxygen atoms in total. The summed E-state index contributed by atoms with van der Waals surface area (Å²) in [5.74, 6) is 0.870. The lowest BCUT2D eigenvalue weighted by Gasteiger charge is -2.18. The second kappa shape index (κ2) is 8.93. The molecule has 0 saturated carbocycles. The van der Waals surface area contributed by atoms with Gasteiger partial charge in [0.15, 0.2) is 11.6 Å². The quantitative estimate of drug-likeness (QED) is 0.532. The van der Waals surface area contributed by atoms with Crippen molar-refractivity contribution >= 4 is 5.91 Å². The van der Waals surface area contributed by atoms with Crippen LogP contribution in [0, 0.1) is 0 Å². The van der Waals surface area contributed by atoms with Crippen molar-refractivity contribution in [1.82, 2.24) is 24.8 Å². The van der Waals surface area contributed by atoms with Gasteiger partial charge < -0.3 is 9.88 Å². The minimum absolute atomic E-state index is 0.0278. The van der Waals surface area contributed by atoms with Gasteiger partial charge >= 0.3 is 0 Å². The van der Waals surface area contributed by atoms with Gasteiger partial charge in [0.2, 0.25) is 5.91 Å². The summed E-state index contributed by atoms with van der Waals surface area (Å²) in [5.41, 5.74) is 1.94. The van der Waals surface area contributed by atoms with Crippen LogP contribution in [0.3, 0.4) is 0 Å². The summed E-state index contributed by atoms with van der Waals surface area (Å²) >= 11 is 0. The van der Waals surface area contributed by atoms with E-state index in [4.69, 9.17) is 0 Å². The average molecular weight is 383 g/mol. The average Bonchev–Trinajstić information content (AvgIpc) is 3.25. The lowest BCUT2D eigenvalue weighted by atomic mass is 9.90. The zero-order valence-corrected chi connectivity index (χ0v) is 15.8. The highest BCUT2D eigenvalue weighted by molar-refractivity contribution is 5.87. The van der Waals surface area contributed by atoms with E-state index in [2.05, 4.69) is 20.3 Å². The number of benzene rings is 2. The predicted molar refractivity (Wildman–Crippen MR) is 111 cm³/mol. The van der Waals surface area contributed by atoms with E-state index in [1.165, 1.54) is 0 Å². The van der Waals surface area contributed by atoms with Gasteiger partial charge in [0.1, 0.15) is 0 Å². The number of carbonyl (C=O) groups is 1. The highest BCUT2D eigenvalue weighted by Gasteiger charge is 2.22. The van der Waals surface area contributed by atoms with Gasteiger partial charge in [-0.15, -0.1) is 0 Å². The largest absolute Gasteiger partial charge is 0.353 e. The first kappa shape index (κ1) is 18.6. The third-order valence-electron chi connectivity index (χ3n) is 4.66. The second-order valence-electron chi connectivity index (χ2n) is 6.56. The number of rotatable bonds is 7. The minimum atomic E-state index is -0.350. The molecule has 0 aliphatic carbocycles. The first-order chi connectivity index (χ1) is 14.3. The highest BCUT2D eigenvalue weighted by atomic mass is 16.1. The van der Waals surface area contributed by atoms with Gasteiger partial charge in [0.05, 0.1) is 5.92 Å². The smallest absolute Gasteiger partial charge is 0.232 e. The van der Waals surface area contributed by atoms with E-state index < -0.39 is 0 Å². The molecule has 4 aromatic rings. The van der Waals surface area contributed by atoms with E-state index in [0.29, 0.717) is 24.7 Å². The SMILES string of the molecule is O=C(NCCn1ccnc1-c1ncccn1)C(c1ccccc1)c1ccccc1. The van der Waals surface area contributed by atoms with Crippen molar-refractivity contribution in [2.24, 2.45) is 0 Å². The van der Waals surface area contributed by atoms with E-state index in [1.807, 2.05) is 71.4 Å². The van der Waals surface area contributed by atoms with E-state index in [-0.39, 0.29) is 11.8 Å². The summed E-state index contributed by atoms with van der Waals surface area (Å²) in [6, 6.07) is 21.4. The molecule has 0 spiro atoms. The Morgan fingerprint density at radius 1 is 0.828 bits per heavy atom. The fourth-order valence-corrected chi connectivity index (χ4v) is 3.30. The molecule has 6 heteroatoms. The molecule has 4 rings (SSSR count). The lowest BCUT2D eigenvalue weighted by molar-refractivity contribution is -0.121. The Kier molecular flexibility index (Phi) is 5.71. The molecule has 2 aromatic carbocycles. The molecule has 1 N–H and O–H groups in total. The zero-order chi connectivity index (χ0) is 19.9. The summed E-state index contributed by atoms with van der Waals surface area (Å²) in [6.45, 7) is 1.06. The van der Waals surface area contributed by atoms with Crippen LogP contribution < -0.4 is 5.32 Å².